The zero-order valence-corrected chi connectivity index (χ0v) is 12.6. The van der Waals surface area contributed by atoms with Crippen LogP contribution in [0.1, 0.15) is 36.8 Å². The minimum Gasteiger partial charge on any atom is -0.296 e. The van der Waals surface area contributed by atoms with Crippen LogP contribution < -0.4 is 5.32 Å². The third-order valence-corrected chi connectivity index (χ3v) is 6.15. The predicted octanol–water partition coefficient (Wildman–Crippen LogP) is 2.64. The molecule has 2 amide bonds. The van der Waals surface area contributed by atoms with Crippen molar-refractivity contribution in [3.8, 4) is 0 Å². The van der Waals surface area contributed by atoms with Gasteiger partial charge in [-0.2, -0.15) is 11.8 Å². The van der Waals surface area contributed by atoms with E-state index in [9.17, 15) is 9.59 Å². The van der Waals surface area contributed by atoms with Crippen LogP contribution in [0, 0.1) is 12.3 Å². The lowest BCUT2D eigenvalue weighted by atomic mass is 9.64. The molecule has 2 heterocycles. The number of nitrogens with one attached hydrogen (secondary N) is 1. The fraction of sp³-hybridized carbons (Fsp3) is 0.500. The van der Waals surface area contributed by atoms with Gasteiger partial charge < -0.3 is 0 Å². The molecule has 0 radical (unpaired) electrons. The molecule has 106 valence electrons. The average Bonchev–Trinajstić information content (AvgIpc) is 2.72. The quantitative estimate of drug-likeness (QED) is 0.808. The maximum Gasteiger partial charge on any atom is 0.234 e. The minimum absolute atomic E-state index is 0.118. The summed E-state index contributed by atoms with van der Waals surface area (Å²) < 4.78 is 0. The summed E-state index contributed by atoms with van der Waals surface area (Å²) in [5.74, 6) is 0.586. The van der Waals surface area contributed by atoms with Crippen LogP contribution in [-0.4, -0.2) is 22.8 Å². The molecule has 2 saturated heterocycles. The van der Waals surface area contributed by atoms with Gasteiger partial charge in [0, 0.05) is 17.1 Å². The number of carbonyl (C=O) groups excluding carboxylic acids is 2. The number of hydrogen-bond acceptors (Lipinski definition) is 3. The number of benzene rings is 1. The van der Waals surface area contributed by atoms with Crippen molar-refractivity contribution in [3.63, 3.8) is 0 Å². The van der Waals surface area contributed by atoms with Crippen molar-refractivity contribution >= 4 is 23.6 Å². The van der Waals surface area contributed by atoms with Crippen LogP contribution >= 0.6 is 11.8 Å². The van der Waals surface area contributed by atoms with E-state index in [1.807, 2.05) is 43.0 Å². The van der Waals surface area contributed by atoms with Gasteiger partial charge in [-0.3, -0.25) is 14.9 Å². The third kappa shape index (κ3) is 2.06. The van der Waals surface area contributed by atoms with Crippen molar-refractivity contribution in [1.82, 2.24) is 5.32 Å². The smallest absolute Gasteiger partial charge is 0.234 e. The Labute approximate surface area is 123 Å². The first kappa shape index (κ1) is 13.7. The summed E-state index contributed by atoms with van der Waals surface area (Å²) >= 11 is 1.88. The molecule has 3 rings (SSSR count). The standard InChI is InChI=1S/C16H19NO2S/c1-10-3-5-12(6-4-10)14-15(19)17-13(18)9-16(14)7-8-20-11(16)2/h3-6,11,14H,7-9H2,1-2H3,(H,17,18,19). The van der Waals surface area contributed by atoms with Crippen LogP contribution in [0.3, 0.4) is 0 Å². The Bertz CT molecular complexity index is 554. The fourth-order valence-electron chi connectivity index (χ4n) is 3.56. The Hall–Kier alpha value is -1.29. The second-order valence-electron chi connectivity index (χ2n) is 5.93. The van der Waals surface area contributed by atoms with Crippen LogP contribution in [0.15, 0.2) is 24.3 Å². The summed E-state index contributed by atoms with van der Waals surface area (Å²) in [5.41, 5.74) is 2.01. The van der Waals surface area contributed by atoms with Gasteiger partial charge in [-0.25, -0.2) is 0 Å². The van der Waals surface area contributed by atoms with Crippen LogP contribution in [0.4, 0.5) is 0 Å². The van der Waals surface area contributed by atoms with Gasteiger partial charge >= 0.3 is 0 Å². The molecule has 2 aliphatic rings. The Kier molecular flexibility index (Phi) is 3.36. The number of thioether (sulfide) groups is 1. The van der Waals surface area contributed by atoms with E-state index in [0.717, 1.165) is 17.7 Å². The molecule has 0 aliphatic carbocycles. The van der Waals surface area contributed by atoms with Gasteiger partial charge in [0.05, 0.1) is 5.92 Å². The molecule has 0 aromatic heterocycles. The SMILES string of the molecule is Cc1ccc(C2C(=O)NC(=O)CC23CCSC3C)cc1. The van der Waals surface area contributed by atoms with E-state index < -0.39 is 0 Å². The van der Waals surface area contributed by atoms with Crippen LogP contribution in [0.25, 0.3) is 0 Å². The summed E-state index contributed by atoms with van der Waals surface area (Å²) in [7, 11) is 0. The van der Waals surface area contributed by atoms with E-state index in [0.29, 0.717) is 11.7 Å². The molecule has 4 heteroatoms. The summed E-state index contributed by atoms with van der Waals surface area (Å²) in [6.07, 6.45) is 1.40. The second-order valence-corrected chi connectivity index (χ2v) is 7.38. The van der Waals surface area contributed by atoms with E-state index in [1.54, 1.807) is 0 Å². The fourth-order valence-corrected chi connectivity index (χ4v) is 5.08. The molecule has 0 bridgehead atoms. The molecule has 1 aromatic rings. The van der Waals surface area contributed by atoms with Gasteiger partial charge in [-0.1, -0.05) is 36.8 Å². The van der Waals surface area contributed by atoms with Crippen molar-refractivity contribution < 1.29 is 9.59 Å². The van der Waals surface area contributed by atoms with E-state index in [2.05, 4.69) is 12.2 Å². The Morgan fingerprint density at radius 2 is 1.95 bits per heavy atom. The average molecular weight is 289 g/mol. The molecule has 0 saturated carbocycles. The zero-order valence-electron chi connectivity index (χ0n) is 11.8. The molecule has 3 unspecified atom stereocenters. The maximum absolute atomic E-state index is 12.5. The summed E-state index contributed by atoms with van der Waals surface area (Å²) in [5, 5.41) is 2.86. The molecule has 1 aromatic carbocycles. The van der Waals surface area contributed by atoms with E-state index in [1.165, 1.54) is 5.56 Å². The number of hydrogen-bond donors (Lipinski definition) is 1. The van der Waals surface area contributed by atoms with Crippen LogP contribution in [0.5, 0.6) is 0 Å². The molecule has 3 atom stereocenters. The first-order chi connectivity index (χ1) is 9.53. The highest BCUT2D eigenvalue weighted by atomic mass is 32.2. The largest absolute Gasteiger partial charge is 0.296 e. The molecule has 20 heavy (non-hydrogen) atoms. The van der Waals surface area contributed by atoms with Crippen molar-refractivity contribution in [2.45, 2.75) is 37.9 Å². The molecule has 2 fully saturated rings. The van der Waals surface area contributed by atoms with Gasteiger partial charge in [0.1, 0.15) is 0 Å². The van der Waals surface area contributed by atoms with Gasteiger partial charge in [0.2, 0.25) is 11.8 Å². The van der Waals surface area contributed by atoms with E-state index in [-0.39, 0.29) is 23.1 Å². The number of imide groups is 1. The van der Waals surface area contributed by atoms with Crippen molar-refractivity contribution in [1.29, 1.82) is 0 Å². The lowest BCUT2D eigenvalue weighted by Crippen LogP contribution is -2.52. The highest BCUT2D eigenvalue weighted by Crippen LogP contribution is 2.55. The van der Waals surface area contributed by atoms with Crippen molar-refractivity contribution in [3.05, 3.63) is 35.4 Å². The number of carbonyl (C=O) groups is 2. The predicted molar refractivity (Wildman–Crippen MR) is 80.7 cm³/mol. The molecular weight excluding hydrogens is 270 g/mol. The Morgan fingerprint density at radius 3 is 2.55 bits per heavy atom. The summed E-state index contributed by atoms with van der Waals surface area (Å²) in [6.45, 7) is 4.20. The van der Waals surface area contributed by atoms with Gasteiger partial charge in [0.15, 0.2) is 0 Å². The number of rotatable bonds is 1. The maximum atomic E-state index is 12.5. The highest BCUT2D eigenvalue weighted by Gasteiger charge is 2.54. The zero-order chi connectivity index (χ0) is 14.3. The molecule has 3 nitrogen and oxygen atoms in total. The first-order valence-corrected chi connectivity index (χ1v) is 8.10. The Morgan fingerprint density at radius 1 is 1.25 bits per heavy atom. The number of aryl methyl sites for hydroxylation is 1. The molecular formula is C16H19NO2S. The molecule has 2 aliphatic heterocycles. The summed E-state index contributed by atoms with van der Waals surface area (Å²) in [4.78, 5) is 24.3. The summed E-state index contributed by atoms with van der Waals surface area (Å²) in [6, 6.07) is 8.15. The van der Waals surface area contributed by atoms with Crippen molar-refractivity contribution in [2.24, 2.45) is 5.41 Å². The first-order valence-electron chi connectivity index (χ1n) is 7.05. The minimum atomic E-state index is -0.209. The normalized spacial score (nSPS) is 33.5. The lowest BCUT2D eigenvalue weighted by Gasteiger charge is -2.42. The lowest BCUT2D eigenvalue weighted by molar-refractivity contribution is -0.140. The van der Waals surface area contributed by atoms with E-state index in [4.69, 9.17) is 0 Å². The third-order valence-electron chi connectivity index (χ3n) is 4.75. The van der Waals surface area contributed by atoms with Crippen LogP contribution in [-0.2, 0) is 9.59 Å². The number of piperidine rings is 1. The highest BCUT2D eigenvalue weighted by molar-refractivity contribution is 8.00. The number of amides is 2. The second kappa shape index (κ2) is 4.92. The van der Waals surface area contributed by atoms with Gasteiger partial charge in [0.25, 0.3) is 0 Å². The van der Waals surface area contributed by atoms with Gasteiger partial charge in [-0.05, 0) is 24.7 Å². The van der Waals surface area contributed by atoms with Gasteiger partial charge in [-0.15, -0.1) is 0 Å². The van der Waals surface area contributed by atoms with Crippen LogP contribution in [0.2, 0.25) is 0 Å². The molecule has 1 N–H and O–H groups in total. The Balaban J connectivity index is 2.06. The molecule has 1 spiro atoms. The van der Waals surface area contributed by atoms with Crippen molar-refractivity contribution in [2.75, 3.05) is 5.75 Å². The monoisotopic (exact) mass is 289 g/mol. The van der Waals surface area contributed by atoms with E-state index >= 15 is 0 Å². The topological polar surface area (TPSA) is 46.2 Å².